The van der Waals surface area contributed by atoms with Crippen molar-refractivity contribution >= 4 is 15.9 Å². The van der Waals surface area contributed by atoms with Crippen molar-refractivity contribution in [2.75, 3.05) is 19.4 Å². The number of amides is 1. The van der Waals surface area contributed by atoms with E-state index < -0.39 is 21.5 Å². The Morgan fingerprint density at radius 2 is 1.71 bits per heavy atom. The lowest BCUT2D eigenvalue weighted by Crippen LogP contribution is -2.33. The normalized spacial score (nSPS) is 11.7. The van der Waals surface area contributed by atoms with E-state index in [1.807, 2.05) is 45.0 Å². The lowest BCUT2D eigenvalue weighted by molar-refractivity contribution is 0.0525. The molecular weight excluding hydrogens is 380 g/mol. The number of nitrogens with zero attached hydrogens (tertiary/aromatic N) is 1. The maximum absolute atomic E-state index is 11.5. The van der Waals surface area contributed by atoms with Gasteiger partial charge < -0.3 is 14.8 Å². The number of ether oxygens (including phenoxy) is 2. The molecule has 152 valence electrons. The number of nitrogens with one attached hydrogen (secondary N) is 1. The minimum atomic E-state index is -3.30. The van der Waals surface area contributed by atoms with E-state index in [1.54, 1.807) is 6.07 Å². The van der Waals surface area contributed by atoms with Crippen LogP contribution in [-0.4, -0.2) is 44.5 Å². The van der Waals surface area contributed by atoms with Crippen molar-refractivity contribution in [1.29, 1.82) is 0 Å². The van der Waals surface area contributed by atoms with Crippen LogP contribution in [0.1, 0.15) is 27.2 Å². The van der Waals surface area contributed by atoms with Crippen molar-refractivity contribution in [3.05, 3.63) is 42.6 Å². The molecule has 0 unspecified atom stereocenters. The zero-order valence-electron chi connectivity index (χ0n) is 16.6. The van der Waals surface area contributed by atoms with Gasteiger partial charge in [-0.1, -0.05) is 12.1 Å². The molecule has 1 aromatic heterocycles. The quantitative estimate of drug-likeness (QED) is 0.708. The van der Waals surface area contributed by atoms with Gasteiger partial charge in [0, 0.05) is 24.6 Å². The molecule has 1 aromatic carbocycles. The molecule has 2 rings (SSSR count). The fourth-order valence-electron chi connectivity index (χ4n) is 2.28. The summed E-state index contributed by atoms with van der Waals surface area (Å²) in [6.45, 7) is 6.37. The Balaban J connectivity index is 1.79. The van der Waals surface area contributed by atoms with Gasteiger partial charge in [0.2, 0.25) is 0 Å². The number of aromatic nitrogens is 1. The Bertz CT molecular complexity index is 886. The number of alkyl carbamates (subject to hydrolysis) is 1. The van der Waals surface area contributed by atoms with E-state index in [4.69, 9.17) is 9.47 Å². The standard InChI is InChI=1S/C20H26N2O5S/c1-20(2,3)27-19(23)21-12-5-13-26-17-9-6-15(7-10-17)16-8-11-18(22-14-16)28(4,24)25/h6-11,14H,5,12-13H2,1-4H3,(H,21,23). The molecule has 1 amide bonds. The number of hydrogen-bond donors (Lipinski definition) is 1. The summed E-state index contributed by atoms with van der Waals surface area (Å²) in [5, 5.41) is 2.73. The largest absolute Gasteiger partial charge is 0.494 e. The summed E-state index contributed by atoms with van der Waals surface area (Å²) >= 11 is 0. The number of carbonyl (C=O) groups is 1. The highest BCUT2D eigenvalue weighted by Gasteiger charge is 2.15. The van der Waals surface area contributed by atoms with Crippen LogP contribution in [-0.2, 0) is 14.6 Å². The first-order chi connectivity index (χ1) is 13.0. The third-order valence-corrected chi connectivity index (χ3v) is 4.56. The Labute approximate surface area is 166 Å². The number of benzene rings is 1. The molecule has 1 N–H and O–H groups in total. The second-order valence-electron chi connectivity index (χ2n) is 7.31. The molecule has 28 heavy (non-hydrogen) atoms. The Morgan fingerprint density at radius 1 is 1.07 bits per heavy atom. The van der Waals surface area contributed by atoms with Crippen LogP contribution in [0, 0.1) is 0 Å². The number of rotatable bonds is 7. The summed E-state index contributed by atoms with van der Waals surface area (Å²) in [5.41, 5.74) is 1.22. The van der Waals surface area contributed by atoms with Gasteiger partial charge in [0.05, 0.1) is 6.61 Å². The smallest absolute Gasteiger partial charge is 0.407 e. The third-order valence-electron chi connectivity index (χ3n) is 3.56. The van der Waals surface area contributed by atoms with E-state index in [1.165, 1.54) is 12.3 Å². The maximum Gasteiger partial charge on any atom is 0.407 e. The van der Waals surface area contributed by atoms with E-state index in [0.29, 0.717) is 25.3 Å². The van der Waals surface area contributed by atoms with Crippen molar-refractivity contribution in [3.8, 4) is 16.9 Å². The minimum absolute atomic E-state index is 0.0520. The molecule has 7 nitrogen and oxygen atoms in total. The average molecular weight is 407 g/mol. The Morgan fingerprint density at radius 3 is 2.25 bits per heavy atom. The molecule has 0 bridgehead atoms. The molecular formula is C20H26N2O5S. The molecule has 0 saturated carbocycles. The van der Waals surface area contributed by atoms with Gasteiger partial charge in [-0.3, -0.25) is 0 Å². The van der Waals surface area contributed by atoms with E-state index in [-0.39, 0.29) is 5.03 Å². The van der Waals surface area contributed by atoms with Crippen LogP contribution in [0.5, 0.6) is 5.75 Å². The molecule has 0 aliphatic heterocycles. The molecule has 0 aliphatic rings. The zero-order chi connectivity index (χ0) is 20.8. The fraction of sp³-hybridized carbons (Fsp3) is 0.400. The first kappa shape index (κ1) is 21.7. The first-order valence-electron chi connectivity index (χ1n) is 8.91. The number of hydrogen-bond acceptors (Lipinski definition) is 6. The molecule has 2 aromatic rings. The zero-order valence-corrected chi connectivity index (χ0v) is 17.4. The van der Waals surface area contributed by atoms with E-state index in [2.05, 4.69) is 10.3 Å². The summed E-state index contributed by atoms with van der Waals surface area (Å²) in [4.78, 5) is 15.5. The van der Waals surface area contributed by atoms with Crippen LogP contribution in [0.15, 0.2) is 47.6 Å². The van der Waals surface area contributed by atoms with Gasteiger partial charge in [-0.05, 0) is 57.0 Å². The highest BCUT2D eigenvalue weighted by molar-refractivity contribution is 7.90. The molecule has 8 heteroatoms. The fourth-order valence-corrected chi connectivity index (χ4v) is 2.84. The van der Waals surface area contributed by atoms with Gasteiger partial charge in [-0.25, -0.2) is 18.2 Å². The molecule has 0 radical (unpaired) electrons. The number of sulfone groups is 1. The monoisotopic (exact) mass is 406 g/mol. The van der Waals surface area contributed by atoms with Gasteiger partial charge in [0.15, 0.2) is 14.9 Å². The second-order valence-corrected chi connectivity index (χ2v) is 9.27. The van der Waals surface area contributed by atoms with Crippen LogP contribution >= 0.6 is 0 Å². The summed E-state index contributed by atoms with van der Waals surface area (Å²) in [6.07, 6.45) is 2.88. The van der Waals surface area contributed by atoms with Crippen LogP contribution in [0.4, 0.5) is 4.79 Å². The van der Waals surface area contributed by atoms with E-state index in [0.717, 1.165) is 17.4 Å². The number of carbonyl (C=O) groups excluding carboxylic acids is 1. The van der Waals surface area contributed by atoms with Crippen LogP contribution in [0.2, 0.25) is 0 Å². The summed E-state index contributed by atoms with van der Waals surface area (Å²) < 4.78 is 33.7. The predicted molar refractivity (Wildman–Crippen MR) is 107 cm³/mol. The lowest BCUT2D eigenvalue weighted by atomic mass is 10.1. The second kappa shape index (κ2) is 9.05. The van der Waals surface area contributed by atoms with Crippen LogP contribution in [0.3, 0.4) is 0 Å². The summed E-state index contributed by atoms with van der Waals surface area (Å²) in [7, 11) is -3.30. The Kier molecular flexibility index (Phi) is 7.01. The highest BCUT2D eigenvalue weighted by Crippen LogP contribution is 2.22. The van der Waals surface area contributed by atoms with Crippen molar-refractivity contribution in [3.63, 3.8) is 0 Å². The van der Waals surface area contributed by atoms with Gasteiger partial charge in [0.1, 0.15) is 11.4 Å². The van der Waals surface area contributed by atoms with Crippen molar-refractivity contribution < 1.29 is 22.7 Å². The van der Waals surface area contributed by atoms with Crippen molar-refractivity contribution in [2.45, 2.75) is 37.8 Å². The van der Waals surface area contributed by atoms with Crippen LogP contribution in [0.25, 0.3) is 11.1 Å². The molecule has 0 aliphatic carbocycles. The molecule has 0 fully saturated rings. The van der Waals surface area contributed by atoms with Crippen molar-refractivity contribution in [1.82, 2.24) is 10.3 Å². The Hall–Kier alpha value is -2.61. The molecule has 0 saturated heterocycles. The first-order valence-corrected chi connectivity index (χ1v) is 10.8. The number of pyridine rings is 1. The highest BCUT2D eigenvalue weighted by atomic mass is 32.2. The maximum atomic E-state index is 11.5. The lowest BCUT2D eigenvalue weighted by Gasteiger charge is -2.19. The predicted octanol–water partition coefficient (Wildman–Crippen LogP) is 3.45. The van der Waals surface area contributed by atoms with E-state index in [9.17, 15) is 13.2 Å². The molecule has 0 atom stereocenters. The third kappa shape index (κ3) is 7.19. The average Bonchev–Trinajstić information content (AvgIpc) is 2.60. The summed E-state index contributed by atoms with van der Waals surface area (Å²) in [5.74, 6) is 0.710. The van der Waals surface area contributed by atoms with Gasteiger partial charge >= 0.3 is 6.09 Å². The topological polar surface area (TPSA) is 94.6 Å². The summed E-state index contributed by atoms with van der Waals surface area (Å²) in [6, 6.07) is 10.6. The SMILES string of the molecule is CC(C)(C)OC(=O)NCCCOc1ccc(-c2ccc(S(C)(=O)=O)nc2)cc1. The van der Waals surface area contributed by atoms with Crippen LogP contribution < -0.4 is 10.1 Å². The molecule has 1 heterocycles. The molecule has 0 spiro atoms. The minimum Gasteiger partial charge on any atom is -0.494 e. The van der Waals surface area contributed by atoms with Crippen molar-refractivity contribution in [2.24, 2.45) is 0 Å². The van der Waals surface area contributed by atoms with Gasteiger partial charge in [0.25, 0.3) is 0 Å². The van der Waals surface area contributed by atoms with Gasteiger partial charge in [-0.2, -0.15) is 0 Å². The van der Waals surface area contributed by atoms with E-state index >= 15 is 0 Å². The van der Waals surface area contributed by atoms with Gasteiger partial charge in [-0.15, -0.1) is 0 Å².